The van der Waals surface area contributed by atoms with Crippen LogP contribution < -0.4 is 5.32 Å². The first-order valence-electron chi connectivity index (χ1n) is 6.97. The topological polar surface area (TPSA) is 41.1 Å². The molecule has 0 amide bonds. The van der Waals surface area contributed by atoms with Gasteiger partial charge in [0.05, 0.1) is 5.69 Å². The molecule has 0 spiro atoms. The second-order valence-corrected chi connectivity index (χ2v) is 5.38. The zero-order chi connectivity index (χ0) is 12.8. The minimum Gasteiger partial charge on any atom is -0.310 e. The highest BCUT2D eigenvalue weighted by molar-refractivity contribution is 4.94. The predicted octanol–water partition coefficient (Wildman–Crippen LogP) is 1.69. The summed E-state index contributed by atoms with van der Waals surface area (Å²) in [6, 6.07) is 0.643. The molecule has 2 rings (SSSR count). The number of hydrogen-bond donors (Lipinski definition) is 1. The van der Waals surface area contributed by atoms with E-state index in [0.29, 0.717) is 12.0 Å². The average Bonchev–Trinajstić information content (AvgIpc) is 2.89. The molecule has 0 radical (unpaired) electrons. The molecule has 1 aliphatic heterocycles. The molecule has 4 heteroatoms. The zero-order valence-electron chi connectivity index (χ0n) is 11.5. The SMILES string of the molecule is CC(C)C(CNCc1cnccn1)N1CCCC1. The standard InChI is InChI=1S/C14H24N4/c1-12(2)14(18-7-3-4-8-18)11-16-10-13-9-15-5-6-17-13/h5-6,9,12,14,16H,3-4,7-8,10-11H2,1-2H3. The molecule has 0 saturated carbocycles. The van der Waals surface area contributed by atoms with Crippen molar-refractivity contribution in [2.75, 3.05) is 19.6 Å². The predicted molar refractivity (Wildman–Crippen MR) is 73.2 cm³/mol. The minimum atomic E-state index is 0.643. The molecule has 0 aromatic carbocycles. The highest BCUT2D eigenvalue weighted by Gasteiger charge is 2.23. The third-order valence-electron chi connectivity index (χ3n) is 3.66. The van der Waals surface area contributed by atoms with Crippen LogP contribution in [0.5, 0.6) is 0 Å². The number of aromatic nitrogens is 2. The molecule has 4 nitrogen and oxygen atoms in total. The second-order valence-electron chi connectivity index (χ2n) is 5.38. The molecule has 100 valence electrons. The van der Waals surface area contributed by atoms with E-state index in [2.05, 4.69) is 34.0 Å². The Bertz CT molecular complexity index is 333. The summed E-state index contributed by atoms with van der Waals surface area (Å²) < 4.78 is 0. The summed E-state index contributed by atoms with van der Waals surface area (Å²) in [4.78, 5) is 11.0. The molecule has 0 bridgehead atoms. The van der Waals surface area contributed by atoms with Gasteiger partial charge in [0, 0.05) is 37.7 Å². The third-order valence-corrected chi connectivity index (χ3v) is 3.66. The lowest BCUT2D eigenvalue weighted by Gasteiger charge is -2.31. The fourth-order valence-corrected chi connectivity index (χ4v) is 2.63. The molecular weight excluding hydrogens is 224 g/mol. The van der Waals surface area contributed by atoms with Crippen LogP contribution in [-0.2, 0) is 6.54 Å². The van der Waals surface area contributed by atoms with E-state index in [1.54, 1.807) is 12.4 Å². The maximum absolute atomic E-state index is 4.28. The Morgan fingerprint density at radius 1 is 1.28 bits per heavy atom. The van der Waals surface area contributed by atoms with Crippen LogP contribution in [0, 0.1) is 5.92 Å². The number of nitrogens with zero attached hydrogens (tertiary/aromatic N) is 3. The van der Waals surface area contributed by atoms with Crippen LogP contribution in [0.2, 0.25) is 0 Å². The molecular formula is C14H24N4. The van der Waals surface area contributed by atoms with Gasteiger partial charge in [0.25, 0.3) is 0 Å². The van der Waals surface area contributed by atoms with Crippen molar-refractivity contribution in [1.82, 2.24) is 20.2 Å². The first-order chi connectivity index (χ1) is 8.77. The lowest BCUT2D eigenvalue weighted by atomic mass is 10.0. The lowest BCUT2D eigenvalue weighted by molar-refractivity contribution is 0.186. The summed E-state index contributed by atoms with van der Waals surface area (Å²) in [6.07, 6.45) is 8.00. The van der Waals surface area contributed by atoms with Crippen LogP contribution in [-0.4, -0.2) is 40.5 Å². The molecule has 0 aliphatic carbocycles. The second kappa shape index (κ2) is 6.81. The van der Waals surface area contributed by atoms with Gasteiger partial charge in [-0.1, -0.05) is 13.8 Å². The molecule has 1 aromatic rings. The van der Waals surface area contributed by atoms with Gasteiger partial charge in [-0.3, -0.25) is 14.9 Å². The van der Waals surface area contributed by atoms with Crippen molar-refractivity contribution in [3.05, 3.63) is 24.3 Å². The van der Waals surface area contributed by atoms with E-state index in [9.17, 15) is 0 Å². The third kappa shape index (κ3) is 3.75. The summed E-state index contributed by atoms with van der Waals surface area (Å²) in [5.74, 6) is 0.692. The molecule has 1 aromatic heterocycles. The largest absolute Gasteiger partial charge is 0.310 e. The summed E-state index contributed by atoms with van der Waals surface area (Å²) in [5, 5.41) is 3.52. The Hall–Kier alpha value is -1.00. The van der Waals surface area contributed by atoms with Gasteiger partial charge in [-0.05, 0) is 31.8 Å². The van der Waals surface area contributed by atoms with E-state index >= 15 is 0 Å². The van der Waals surface area contributed by atoms with Gasteiger partial charge < -0.3 is 5.32 Å². The van der Waals surface area contributed by atoms with E-state index in [-0.39, 0.29) is 0 Å². The molecule has 1 atom stereocenters. The molecule has 1 aliphatic rings. The Labute approximate surface area is 110 Å². The van der Waals surface area contributed by atoms with Gasteiger partial charge in [0.15, 0.2) is 0 Å². The monoisotopic (exact) mass is 248 g/mol. The Kier molecular flexibility index (Phi) is 5.08. The van der Waals surface area contributed by atoms with Gasteiger partial charge in [-0.2, -0.15) is 0 Å². The quantitative estimate of drug-likeness (QED) is 0.832. The normalized spacial score (nSPS) is 18.4. The van der Waals surface area contributed by atoms with E-state index in [1.807, 2.05) is 6.20 Å². The molecule has 1 fully saturated rings. The van der Waals surface area contributed by atoms with Gasteiger partial charge in [0.1, 0.15) is 0 Å². The average molecular weight is 248 g/mol. The zero-order valence-corrected chi connectivity index (χ0v) is 11.5. The highest BCUT2D eigenvalue weighted by Crippen LogP contribution is 2.17. The maximum atomic E-state index is 4.28. The van der Waals surface area contributed by atoms with Crippen molar-refractivity contribution in [2.24, 2.45) is 5.92 Å². The van der Waals surface area contributed by atoms with Crippen LogP contribution in [0.4, 0.5) is 0 Å². The van der Waals surface area contributed by atoms with Crippen LogP contribution in [0.15, 0.2) is 18.6 Å². The first-order valence-corrected chi connectivity index (χ1v) is 6.97. The maximum Gasteiger partial charge on any atom is 0.0724 e. The number of likely N-dealkylation sites (tertiary alicyclic amines) is 1. The summed E-state index contributed by atoms with van der Waals surface area (Å²) in [5.41, 5.74) is 1.02. The molecule has 18 heavy (non-hydrogen) atoms. The van der Waals surface area contributed by atoms with E-state index in [0.717, 1.165) is 18.8 Å². The van der Waals surface area contributed by atoms with Gasteiger partial charge in [-0.15, -0.1) is 0 Å². The molecule has 1 saturated heterocycles. The van der Waals surface area contributed by atoms with Crippen molar-refractivity contribution >= 4 is 0 Å². The van der Waals surface area contributed by atoms with Crippen molar-refractivity contribution in [2.45, 2.75) is 39.3 Å². The van der Waals surface area contributed by atoms with Crippen LogP contribution >= 0.6 is 0 Å². The lowest BCUT2D eigenvalue weighted by Crippen LogP contribution is -2.44. The Balaban J connectivity index is 1.79. The Morgan fingerprint density at radius 2 is 2.06 bits per heavy atom. The number of rotatable bonds is 6. The molecule has 1 unspecified atom stereocenters. The van der Waals surface area contributed by atoms with E-state index in [4.69, 9.17) is 0 Å². The smallest absolute Gasteiger partial charge is 0.0724 e. The highest BCUT2D eigenvalue weighted by atomic mass is 15.2. The first kappa shape index (κ1) is 13.4. The van der Waals surface area contributed by atoms with Crippen molar-refractivity contribution < 1.29 is 0 Å². The van der Waals surface area contributed by atoms with Crippen molar-refractivity contribution in [3.63, 3.8) is 0 Å². The van der Waals surface area contributed by atoms with Crippen LogP contribution in [0.25, 0.3) is 0 Å². The Morgan fingerprint density at radius 3 is 2.67 bits per heavy atom. The van der Waals surface area contributed by atoms with E-state index < -0.39 is 0 Å². The molecule has 2 heterocycles. The van der Waals surface area contributed by atoms with Crippen molar-refractivity contribution in [1.29, 1.82) is 0 Å². The summed E-state index contributed by atoms with van der Waals surface area (Å²) in [6.45, 7) is 8.99. The van der Waals surface area contributed by atoms with E-state index in [1.165, 1.54) is 25.9 Å². The fraction of sp³-hybridized carbons (Fsp3) is 0.714. The summed E-state index contributed by atoms with van der Waals surface area (Å²) >= 11 is 0. The summed E-state index contributed by atoms with van der Waals surface area (Å²) in [7, 11) is 0. The van der Waals surface area contributed by atoms with Crippen LogP contribution in [0.3, 0.4) is 0 Å². The van der Waals surface area contributed by atoms with Crippen molar-refractivity contribution in [3.8, 4) is 0 Å². The van der Waals surface area contributed by atoms with Crippen LogP contribution in [0.1, 0.15) is 32.4 Å². The van der Waals surface area contributed by atoms with Gasteiger partial charge >= 0.3 is 0 Å². The molecule has 1 N–H and O–H groups in total. The number of nitrogens with one attached hydrogen (secondary N) is 1. The number of hydrogen-bond acceptors (Lipinski definition) is 4. The van der Waals surface area contributed by atoms with Gasteiger partial charge in [0.2, 0.25) is 0 Å². The minimum absolute atomic E-state index is 0.643. The van der Waals surface area contributed by atoms with Gasteiger partial charge in [-0.25, -0.2) is 0 Å². The fourth-order valence-electron chi connectivity index (χ4n) is 2.63.